The van der Waals surface area contributed by atoms with Crippen LogP contribution in [-0.4, -0.2) is 36.9 Å². The molecule has 1 saturated heterocycles. The van der Waals surface area contributed by atoms with Crippen LogP contribution in [0.2, 0.25) is 0 Å². The summed E-state index contributed by atoms with van der Waals surface area (Å²) in [6, 6.07) is 4.60. The lowest BCUT2D eigenvalue weighted by atomic mass is 9.92. The van der Waals surface area contributed by atoms with E-state index in [1.165, 1.54) is 12.1 Å². The van der Waals surface area contributed by atoms with Crippen molar-refractivity contribution in [2.45, 2.75) is 40.7 Å². The van der Waals surface area contributed by atoms with E-state index in [2.05, 4.69) is 10.6 Å². The number of carbonyl (C=O) groups excluding carboxylic acids is 2. The van der Waals surface area contributed by atoms with Crippen LogP contribution in [0.5, 0.6) is 0 Å². The number of nitrogens with two attached hydrogens (primary N) is 2. The number of benzene rings is 1. The van der Waals surface area contributed by atoms with Crippen molar-refractivity contribution < 1.29 is 14.0 Å². The smallest absolute Gasteiger partial charge is 0.232 e. The number of nitrogens with one attached hydrogen (secondary N) is 2. The molecule has 2 rings (SSSR count). The Morgan fingerprint density at radius 2 is 2.03 bits per heavy atom. The van der Waals surface area contributed by atoms with Gasteiger partial charge in [0.05, 0.1) is 5.92 Å². The van der Waals surface area contributed by atoms with Gasteiger partial charge in [-0.3, -0.25) is 9.59 Å². The van der Waals surface area contributed by atoms with E-state index in [1.807, 2.05) is 13.8 Å². The first-order chi connectivity index (χ1) is 15.5. The topological polar surface area (TPSA) is 113 Å². The van der Waals surface area contributed by atoms with Gasteiger partial charge in [0.15, 0.2) is 0 Å². The van der Waals surface area contributed by atoms with E-state index in [1.54, 1.807) is 50.2 Å². The molecule has 1 aromatic rings. The summed E-state index contributed by atoms with van der Waals surface area (Å²) in [6.07, 6.45) is 5.91. The van der Waals surface area contributed by atoms with Crippen LogP contribution in [0, 0.1) is 17.2 Å². The lowest BCUT2D eigenvalue weighted by Gasteiger charge is -2.22. The highest BCUT2D eigenvalue weighted by molar-refractivity contribution is 5.86. The molecule has 0 aromatic heterocycles. The monoisotopic (exact) mass is 457 g/mol. The van der Waals surface area contributed by atoms with Crippen LogP contribution in [0.15, 0.2) is 47.9 Å². The lowest BCUT2D eigenvalue weighted by molar-refractivity contribution is -0.133. The molecule has 1 unspecified atom stereocenters. The minimum Gasteiger partial charge on any atom is -0.402 e. The highest BCUT2D eigenvalue weighted by atomic mass is 19.1. The summed E-state index contributed by atoms with van der Waals surface area (Å²) in [4.78, 5) is 27.2. The molecule has 0 radical (unpaired) electrons. The Morgan fingerprint density at radius 3 is 2.58 bits per heavy atom. The van der Waals surface area contributed by atoms with Crippen molar-refractivity contribution in [3.63, 3.8) is 0 Å². The molecule has 0 aliphatic carbocycles. The fraction of sp³-hybridized carbons (Fsp3) is 0.440. The Labute approximate surface area is 195 Å². The Balaban J connectivity index is 2.17. The van der Waals surface area contributed by atoms with Crippen LogP contribution >= 0.6 is 0 Å². The van der Waals surface area contributed by atoms with Crippen LogP contribution in [0.4, 0.5) is 4.39 Å². The fourth-order valence-corrected chi connectivity index (χ4v) is 3.71. The molecule has 1 aliphatic rings. The molecule has 8 heteroatoms. The van der Waals surface area contributed by atoms with E-state index in [4.69, 9.17) is 11.5 Å². The van der Waals surface area contributed by atoms with E-state index in [9.17, 15) is 14.0 Å². The molecule has 1 aliphatic heterocycles. The summed E-state index contributed by atoms with van der Waals surface area (Å²) in [5, 5.41) is 5.75. The lowest BCUT2D eigenvalue weighted by Crippen LogP contribution is -2.32. The molecule has 2 amide bonds. The third-order valence-electron chi connectivity index (χ3n) is 5.64. The van der Waals surface area contributed by atoms with Gasteiger partial charge in [-0.2, -0.15) is 0 Å². The van der Waals surface area contributed by atoms with Crippen molar-refractivity contribution in [3.05, 3.63) is 64.9 Å². The Bertz CT molecular complexity index is 977. The normalized spacial score (nSPS) is 17.8. The number of rotatable bonds is 9. The molecular formula is C25H36FN5O2. The minimum absolute atomic E-state index is 0.0106. The summed E-state index contributed by atoms with van der Waals surface area (Å²) in [5.41, 5.74) is 14.4. The maximum Gasteiger partial charge on any atom is 0.232 e. The number of likely N-dealkylation sites (tertiary alicyclic amines) is 1. The first kappa shape index (κ1) is 26.1. The number of hydrogen-bond acceptors (Lipinski definition) is 5. The second-order valence-electron chi connectivity index (χ2n) is 9.09. The van der Waals surface area contributed by atoms with Crippen molar-refractivity contribution in [1.29, 1.82) is 0 Å². The van der Waals surface area contributed by atoms with Crippen LogP contribution in [0.25, 0.3) is 5.57 Å². The van der Waals surface area contributed by atoms with Gasteiger partial charge in [-0.15, -0.1) is 0 Å². The molecule has 6 N–H and O–H groups in total. The van der Waals surface area contributed by atoms with Crippen LogP contribution in [0.1, 0.15) is 45.2 Å². The zero-order chi connectivity index (χ0) is 24.8. The zero-order valence-electron chi connectivity index (χ0n) is 20.2. The van der Waals surface area contributed by atoms with Crippen molar-refractivity contribution in [3.8, 4) is 0 Å². The fourth-order valence-electron chi connectivity index (χ4n) is 3.71. The molecule has 1 fully saturated rings. The number of allylic oxidation sites excluding steroid dienone is 2. The third kappa shape index (κ3) is 6.92. The van der Waals surface area contributed by atoms with Gasteiger partial charge in [0.2, 0.25) is 11.8 Å². The average Bonchev–Trinajstić information content (AvgIpc) is 3.01. The molecule has 1 aromatic carbocycles. The van der Waals surface area contributed by atoms with Crippen molar-refractivity contribution >= 4 is 17.4 Å². The zero-order valence-corrected chi connectivity index (χ0v) is 20.2. The van der Waals surface area contributed by atoms with Gasteiger partial charge in [-0.25, -0.2) is 4.39 Å². The Morgan fingerprint density at radius 1 is 1.33 bits per heavy atom. The number of nitrogens with zero attached hydrogens (tertiary/aromatic N) is 1. The minimum atomic E-state index is -0.524. The van der Waals surface area contributed by atoms with Gasteiger partial charge >= 0.3 is 0 Å². The van der Waals surface area contributed by atoms with Gasteiger partial charge < -0.3 is 27.0 Å². The number of carbonyl (C=O) groups is 2. The van der Waals surface area contributed by atoms with Crippen molar-refractivity contribution in [1.82, 2.24) is 15.5 Å². The molecule has 1 atom stereocenters. The van der Waals surface area contributed by atoms with Crippen LogP contribution < -0.4 is 22.1 Å². The maximum absolute atomic E-state index is 14.1. The molecule has 7 nitrogen and oxygen atoms in total. The second-order valence-corrected chi connectivity index (χ2v) is 9.09. The Hall–Kier alpha value is -3.13. The standard InChI is InChI=1S/C25H36FN5O2/c1-16(8-22(9-17(2)28)31-7-6-25(3,4)24(31)33)23(32)30-14-18-10-19(12-21(26)11-18)20(13-27)15-29-5/h8-12,15-16,29H,6-7,13-14,27-28H2,1-5H3,(H,30,32)/b17-9-,20-15+,22-8+. The molecular weight excluding hydrogens is 421 g/mol. The predicted molar refractivity (Wildman–Crippen MR) is 130 cm³/mol. The van der Waals surface area contributed by atoms with E-state index in [0.29, 0.717) is 29.1 Å². The van der Waals surface area contributed by atoms with Gasteiger partial charge in [0.1, 0.15) is 5.82 Å². The molecule has 0 saturated carbocycles. The van der Waals surface area contributed by atoms with E-state index >= 15 is 0 Å². The number of halogens is 1. The third-order valence-corrected chi connectivity index (χ3v) is 5.64. The van der Waals surface area contributed by atoms with Crippen molar-refractivity contribution in [2.24, 2.45) is 22.8 Å². The van der Waals surface area contributed by atoms with E-state index < -0.39 is 17.2 Å². The van der Waals surface area contributed by atoms with Crippen molar-refractivity contribution in [2.75, 3.05) is 20.1 Å². The summed E-state index contributed by atoms with van der Waals surface area (Å²) < 4.78 is 14.1. The molecule has 0 bridgehead atoms. The van der Waals surface area contributed by atoms with Crippen LogP contribution in [0.3, 0.4) is 0 Å². The molecule has 0 spiro atoms. The molecule has 33 heavy (non-hydrogen) atoms. The number of amides is 2. The summed E-state index contributed by atoms with van der Waals surface area (Å²) >= 11 is 0. The maximum atomic E-state index is 14.1. The SMILES string of the molecule is CN/C=C(\CN)c1cc(F)cc(CNC(=O)C(C)/C=C(\C=C(\C)N)N2CCC(C)(C)C2=O)c1. The number of hydrogen-bond donors (Lipinski definition) is 4. The summed E-state index contributed by atoms with van der Waals surface area (Å²) in [6.45, 7) is 8.31. The average molecular weight is 458 g/mol. The van der Waals surface area contributed by atoms with Gasteiger partial charge in [-0.1, -0.05) is 20.8 Å². The molecule has 1 heterocycles. The highest BCUT2D eigenvalue weighted by Gasteiger charge is 2.39. The summed E-state index contributed by atoms with van der Waals surface area (Å²) in [7, 11) is 1.75. The first-order valence-corrected chi connectivity index (χ1v) is 11.1. The predicted octanol–water partition coefficient (Wildman–Crippen LogP) is 2.60. The van der Waals surface area contributed by atoms with Crippen LogP contribution in [-0.2, 0) is 16.1 Å². The highest BCUT2D eigenvalue weighted by Crippen LogP contribution is 2.33. The van der Waals surface area contributed by atoms with E-state index in [-0.39, 0.29) is 24.9 Å². The van der Waals surface area contributed by atoms with E-state index in [0.717, 1.165) is 12.0 Å². The van der Waals surface area contributed by atoms with Gasteiger partial charge in [-0.05, 0) is 60.4 Å². The largest absolute Gasteiger partial charge is 0.402 e. The summed E-state index contributed by atoms with van der Waals surface area (Å²) in [5.74, 6) is -1.15. The molecule has 180 valence electrons. The quantitative estimate of drug-likeness (QED) is 0.426. The van der Waals surface area contributed by atoms with Gasteiger partial charge in [0, 0.05) is 49.7 Å². The first-order valence-electron chi connectivity index (χ1n) is 11.1. The van der Waals surface area contributed by atoms with Gasteiger partial charge in [0.25, 0.3) is 0 Å². The Kier molecular flexibility index (Phi) is 8.82. The second kappa shape index (κ2) is 11.1.